The predicted octanol–water partition coefficient (Wildman–Crippen LogP) is 2.55. The molecular weight excluding hydrogens is 342 g/mol. The second kappa shape index (κ2) is 6.92. The molecule has 1 aliphatic rings. The SMILES string of the molecule is CC(O)Cc1ccncc1-c1cc2cc(NC(=O)C3CC3)ncc2c(N)n1. The van der Waals surface area contributed by atoms with Gasteiger partial charge in [0, 0.05) is 35.5 Å². The molecule has 0 saturated heterocycles. The van der Waals surface area contributed by atoms with E-state index in [-0.39, 0.29) is 11.8 Å². The Morgan fingerprint density at radius 1 is 1.37 bits per heavy atom. The number of nitrogens with zero attached hydrogens (tertiary/aromatic N) is 3. The number of hydrogen-bond acceptors (Lipinski definition) is 6. The maximum Gasteiger partial charge on any atom is 0.228 e. The van der Waals surface area contributed by atoms with E-state index in [4.69, 9.17) is 5.73 Å². The van der Waals surface area contributed by atoms with Gasteiger partial charge in [-0.3, -0.25) is 9.78 Å². The lowest BCUT2D eigenvalue weighted by Gasteiger charge is -2.12. The summed E-state index contributed by atoms with van der Waals surface area (Å²) in [6.07, 6.45) is 6.95. The Hall–Kier alpha value is -3.06. The highest BCUT2D eigenvalue weighted by Gasteiger charge is 2.29. The Morgan fingerprint density at radius 3 is 2.93 bits per heavy atom. The summed E-state index contributed by atoms with van der Waals surface area (Å²) in [7, 11) is 0. The number of hydrogen-bond donors (Lipinski definition) is 3. The third-order valence-electron chi connectivity index (χ3n) is 4.65. The van der Waals surface area contributed by atoms with Gasteiger partial charge in [-0.2, -0.15) is 0 Å². The Kier molecular flexibility index (Phi) is 4.45. The number of carbonyl (C=O) groups excluding carboxylic acids is 1. The van der Waals surface area contributed by atoms with Gasteiger partial charge in [-0.25, -0.2) is 9.97 Å². The van der Waals surface area contributed by atoms with E-state index in [1.54, 1.807) is 25.5 Å². The molecule has 0 aliphatic heterocycles. The normalized spacial score (nSPS) is 14.9. The van der Waals surface area contributed by atoms with Crippen LogP contribution in [-0.4, -0.2) is 32.1 Å². The van der Waals surface area contributed by atoms with Crippen molar-refractivity contribution in [2.75, 3.05) is 11.1 Å². The summed E-state index contributed by atoms with van der Waals surface area (Å²) < 4.78 is 0. The van der Waals surface area contributed by atoms with Crippen LogP contribution in [0.25, 0.3) is 22.0 Å². The molecule has 7 nitrogen and oxygen atoms in total. The van der Waals surface area contributed by atoms with Gasteiger partial charge in [0.1, 0.15) is 11.6 Å². The number of nitrogens with one attached hydrogen (secondary N) is 1. The molecule has 1 unspecified atom stereocenters. The number of fused-ring (bicyclic) bond motifs is 1. The number of pyridine rings is 3. The number of anilines is 2. The molecule has 1 amide bonds. The van der Waals surface area contributed by atoms with Crippen LogP contribution in [0.4, 0.5) is 11.6 Å². The van der Waals surface area contributed by atoms with Gasteiger partial charge in [-0.05, 0) is 55.3 Å². The topological polar surface area (TPSA) is 114 Å². The Labute approximate surface area is 156 Å². The third kappa shape index (κ3) is 3.73. The number of aliphatic hydroxyl groups is 1. The Bertz CT molecular complexity index is 1010. The molecule has 27 heavy (non-hydrogen) atoms. The van der Waals surface area contributed by atoms with Crippen molar-refractivity contribution in [3.8, 4) is 11.3 Å². The van der Waals surface area contributed by atoms with E-state index < -0.39 is 6.10 Å². The van der Waals surface area contributed by atoms with Crippen molar-refractivity contribution in [2.45, 2.75) is 32.3 Å². The number of amides is 1. The van der Waals surface area contributed by atoms with E-state index in [0.29, 0.717) is 23.8 Å². The molecule has 4 N–H and O–H groups in total. The molecular formula is C20H21N5O2. The highest BCUT2D eigenvalue weighted by Crippen LogP contribution is 2.32. The van der Waals surface area contributed by atoms with E-state index in [1.165, 1.54) is 0 Å². The summed E-state index contributed by atoms with van der Waals surface area (Å²) in [5, 5.41) is 14.2. The molecule has 3 aromatic rings. The van der Waals surface area contributed by atoms with Gasteiger partial charge < -0.3 is 16.2 Å². The maximum atomic E-state index is 12.0. The van der Waals surface area contributed by atoms with E-state index in [1.807, 2.05) is 18.2 Å². The van der Waals surface area contributed by atoms with E-state index >= 15 is 0 Å². The molecule has 1 atom stereocenters. The summed E-state index contributed by atoms with van der Waals surface area (Å²) in [4.78, 5) is 25.0. The molecule has 0 aromatic carbocycles. The van der Waals surface area contributed by atoms with Crippen LogP contribution in [0.2, 0.25) is 0 Å². The van der Waals surface area contributed by atoms with Crippen LogP contribution in [0.1, 0.15) is 25.3 Å². The van der Waals surface area contributed by atoms with Crippen LogP contribution in [0.5, 0.6) is 0 Å². The molecule has 0 bridgehead atoms. The van der Waals surface area contributed by atoms with E-state index in [2.05, 4.69) is 20.3 Å². The van der Waals surface area contributed by atoms with Gasteiger partial charge in [-0.15, -0.1) is 0 Å². The molecule has 3 aromatic heterocycles. The molecule has 138 valence electrons. The minimum atomic E-state index is -0.475. The smallest absolute Gasteiger partial charge is 0.228 e. The minimum absolute atomic E-state index is 0.00980. The van der Waals surface area contributed by atoms with Crippen molar-refractivity contribution < 1.29 is 9.90 Å². The zero-order valence-corrected chi connectivity index (χ0v) is 15.0. The van der Waals surface area contributed by atoms with Crippen molar-refractivity contribution in [2.24, 2.45) is 5.92 Å². The Balaban J connectivity index is 1.75. The number of aromatic nitrogens is 3. The lowest BCUT2D eigenvalue weighted by molar-refractivity contribution is -0.117. The summed E-state index contributed by atoms with van der Waals surface area (Å²) in [5.41, 5.74) is 8.60. The second-order valence-electron chi connectivity index (χ2n) is 7.03. The summed E-state index contributed by atoms with van der Waals surface area (Å²) in [6.45, 7) is 1.74. The van der Waals surface area contributed by atoms with Crippen LogP contribution in [-0.2, 0) is 11.2 Å². The summed E-state index contributed by atoms with van der Waals surface area (Å²) in [6, 6.07) is 5.59. The summed E-state index contributed by atoms with van der Waals surface area (Å²) >= 11 is 0. The zero-order valence-electron chi connectivity index (χ0n) is 15.0. The maximum absolute atomic E-state index is 12.0. The van der Waals surface area contributed by atoms with Crippen LogP contribution >= 0.6 is 0 Å². The fourth-order valence-electron chi connectivity index (χ4n) is 3.10. The fourth-order valence-corrected chi connectivity index (χ4v) is 3.10. The molecule has 1 saturated carbocycles. The Morgan fingerprint density at radius 2 is 2.19 bits per heavy atom. The van der Waals surface area contributed by atoms with Gasteiger partial charge in [0.2, 0.25) is 5.91 Å². The fraction of sp³-hybridized carbons (Fsp3) is 0.300. The number of rotatable bonds is 5. The standard InChI is InChI=1S/C20H21N5O2/c1-11(26)6-13-4-5-22-9-15(13)17-7-14-8-18(25-20(27)12-2-3-12)23-10-16(14)19(21)24-17/h4-5,7-12,26H,2-3,6H2,1H3,(H2,21,24)(H,23,25,27). The van der Waals surface area contributed by atoms with E-state index in [9.17, 15) is 9.90 Å². The quantitative estimate of drug-likeness (QED) is 0.642. The van der Waals surface area contributed by atoms with Crippen molar-refractivity contribution in [1.29, 1.82) is 0 Å². The number of nitrogen functional groups attached to an aromatic ring is 1. The zero-order chi connectivity index (χ0) is 19.0. The molecule has 7 heteroatoms. The average molecular weight is 363 g/mol. The molecule has 1 aliphatic carbocycles. The number of aliphatic hydroxyl groups excluding tert-OH is 1. The van der Waals surface area contributed by atoms with Crippen molar-refractivity contribution in [3.63, 3.8) is 0 Å². The van der Waals surface area contributed by atoms with Gasteiger partial charge in [-0.1, -0.05) is 0 Å². The first kappa shape index (κ1) is 17.4. The van der Waals surface area contributed by atoms with Crippen molar-refractivity contribution in [1.82, 2.24) is 15.0 Å². The van der Waals surface area contributed by atoms with Crippen LogP contribution < -0.4 is 11.1 Å². The van der Waals surface area contributed by atoms with Gasteiger partial charge >= 0.3 is 0 Å². The molecule has 4 rings (SSSR count). The van der Waals surface area contributed by atoms with Crippen LogP contribution in [0.15, 0.2) is 36.8 Å². The largest absolute Gasteiger partial charge is 0.393 e. The highest BCUT2D eigenvalue weighted by atomic mass is 16.3. The lowest BCUT2D eigenvalue weighted by atomic mass is 10.0. The highest BCUT2D eigenvalue weighted by molar-refractivity contribution is 5.98. The molecule has 0 spiro atoms. The summed E-state index contributed by atoms with van der Waals surface area (Å²) in [5.74, 6) is 0.989. The van der Waals surface area contributed by atoms with Crippen molar-refractivity contribution in [3.05, 3.63) is 42.4 Å². The number of carbonyl (C=O) groups is 1. The van der Waals surface area contributed by atoms with Crippen LogP contribution in [0, 0.1) is 5.92 Å². The van der Waals surface area contributed by atoms with Gasteiger partial charge in [0.25, 0.3) is 0 Å². The van der Waals surface area contributed by atoms with Gasteiger partial charge in [0.05, 0.1) is 11.8 Å². The monoisotopic (exact) mass is 363 g/mol. The minimum Gasteiger partial charge on any atom is -0.393 e. The molecule has 0 radical (unpaired) electrons. The average Bonchev–Trinajstić information content (AvgIpc) is 3.46. The van der Waals surface area contributed by atoms with Gasteiger partial charge in [0.15, 0.2) is 0 Å². The third-order valence-corrected chi connectivity index (χ3v) is 4.65. The first-order chi connectivity index (χ1) is 13.0. The predicted molar refractivity (Wildman–Crippen MR) is 104 cm³/mol. The van der Waals surface area contributed by atoms with Crippen molar-refractivity contribution >= 4 is 28.3 Å². The first-order valence-corrected chi connectivity index (χ1v) is 8.99. The lowest BCUT2D eigenvalue weighted by Crippen LogP contribution is -2.14. The molecule has 3 heterocycles. The number of nitrogens with two attached hydrogens (primary N) is 1. The molecule has 1 fully saturated rings. The second-order valence-corrected chi connectivity index (χ2v) is 7.03. The first-order valence-electron chi connectivity index (χ1n) is 8.99. The van der Waals surface area contributed by atoms with Crippen LogP contribution in [0.3, 0.4) is 0 Å². The van der Waals surface area contributed by atoms with E-state index in [0.717, 1.165) is 34.7 Å².